The lowest BCUT2D eigenvalue weighted by molar-refractivity contribution is 0.415. The summed E-state index contributed by atoms with van der Waals surface area (Å²) in [6.07, 6.45) is 1.91. The van der Waals surface area contributed by atoms with Crippen LogP contribution >= 0.6 is 0 Å². The molecule has 1 aromatic carbocycles. The zero-order valence-electron chi connectivity index (χ0n) is 7.95. The molecule has 0 N–H and O–H groups in total. The highest BCUT2D eigenvalue weighted by molar-refractivity contribution is 5.81. The first kappa shape index (κ1) is 6.12. The molecule has 0 aliphatic heterocycles. The SMILES string of the molecule is [2H]Cn1ccc2cc(OC)ccc21. The van der Waals surface area contributed by atoms with E-state index in [0.717, 1.165) is 16.7 Å². The summed E-state index contributed by atoms with van der Waals surface area (Å²) in [6, 6.07) is 7.85. The average molecular weight is 162 g/mol. The van der Waals surface area contributed by atoms with E-state index >= 15 is 0 Å². The quantitative estimate of drug-likeness (QED) is 0.627. The topological polar surface area (TPSA) is 14.2 Å². The summed E-state index contributed by atoms with van der Waals surface area (Å²) in [5, 5.41) is 1.12. The van der Waals surface area contributed by atoms with Gasteiger partial charge in [0, 0.05) is 25.5 Å². The van der Waals surface area contributed by atoms with Gasteiger partial charge in [-0.2, -0.15) is 0 Å². The lowest BCUT2D eigenvalue weighted by Gasteiger charge is -1.99. The van der Waals surface area contributed by atoms with Crippen LogP contribution in [0.4, 0.5) is 0 Å². The lowest BCUT2D eigenvalue weighted by atomic mass is 10.2. The summed E-state index contributed by atoms with van der Waals surface area (Å²) >= 11 is 0. The number of aromatic nitrogens is 1. The number of methoxy groups -OCH3 is 1. The first-order chi connectivity index (χ1) is 6.35. The molecule has 0 aliphatic rings. The van der Waals surface area contributed by atoms with Crippen LogP contribution in [0.15, 0.2) is 30.5 Å². The van der Waals surface area contributed by atoms with Gasteiger partial charge in [0.05, 0.1) is 7.11 Å². The molecule has 2 nitrogen and oxygen atoms in total. The number of hydrogen-bond acceptors (Lipinski definition) is 1. The normalized spacial score (nSPS) is 11.6. The summed E-state index contributed by atoms with van der Waals surface area (Å²) in [7, 11) is 1.92. The molecule has 0 radical (unpaired) electrons. The van der Waals surface area contributed by atoms with Gasteiger partial charge < -0.3 is 9.30 Å². The number of hydrogen-bond donors (Lipinski definition) is 0. The molecule has 1 heterocycles. The molecule has 0 aliphatic carbocycles. The smallest absolute Gasteiger partial charge is 0.119 e. The molecule has 0 unspecified atom stereocenters. The van der Waals surface area contributed by atoms with E-state index in [1.165, 1.54) is 0 Å². The van der Waals surface area contributed by atoms with E-state index in [1.807, 2.05) is 35.0 Å². The van der Waals surface area contributed by atoms with Crippen LogP contribution in [0.3, 0.4) is 0 Å². The molecule has 0 saturated heterocycles. The Balaban J connectivity index is 2.61. The van der Waals surface area contributed by atoms with Crippen molar-refractivity contribution < 1.29 is 6.11 Å². The second kappa shape index (κ2) is 2.55. The Morgan fingerprint density at radius 3 is 3.08 bits per heavy atom. The molecule has 0 saturated carbocycles. The van der Waals surface area contributed by atoms with Gasteiger partial charge in [-0.1, -0.05) is 0 Å². The van der Waals surface area contributed by atoms with E-state index in [9.17, 15) is 0 Å². The Morgan fingerprint density at radius 2 is 2.33 bits per heavy atom. The van der Waals surface area contributed by atoms with Gasteiger partial charge in [0.25, 0.3) is 0 Å². The molecule has 12 heavy (non-hydrogen) atoms. The van der Waals surface area contributed by atoms with Crippen molar-refractivity contribution in [1.82, 2.24) is 4.57 Å². The minimum atomic E-state index is 0.260. The second-order valence-corrected chi connectivity index (χ2v) is 2.71. The van der Waals surface area contributed by atoms with E-state index in [1.54, 1.807) is 7.11 Å². The maximum absolute atomic E-state index is 7.27. The molecule has 0 fully saturated rings. The van der Waals surface area contributed by atoms with E-state index < -0.39 is 0 Å². The van der Waals surface area contributed by atoms with Gasteiger partial charge >= 0.3 is 0 Å². The Hall–Kier alpha value is -1.44. The molecule has 1 aromatic heterocycles. The molecule has 0 atom stereocenters. The highest BCUT2D eigenvalue weighted by atomic mass is 16.5. The van der Waals surface area contributed by atoms with Crippen LogP contribution in [0.1, 0.15) is 1.37 Å². The fourth-order valence-electron chi connectivity index (χ4n) is 1.31. The number of nitrogens with zero attached hydrogens (tertiary/aromatic N) is 1. The minimum Gasteiger partial charge on any atom is -0.497 e. The Bertz CT molecular complexity index is 422. The third kappa shape index (κ3) is 0.961. The number of rotatable bonds is 1. The number of benzene rings is 1. The summed E-state index contributed by atoms with van der Waals surface area (Å²) in [5.41, 5.74) is 1.08. The van der Waals surface area contributed by atoms with E-state index in [4.69, 9.17) is 6.11 Å². The molecule has 2 heteroatoms. The zero-order valence-corrected chi connectivity index (χ0v) is 6.95. The van der Waals surface area contributed by atoms with Crippen LogP contribution in [0.5, 0.6) is 5.75 Å². The largest absolute Gasteiger partial charge is 0.497 e. The molecule has 62 valence electrons. The van der Waals surface area contributed by atoms with Gasteiger partial charge in [0.2, 0.25) is 0 Å². The predicted octanol–water partition coefficient (Wildman–Crippen LogP) is 2.19. The van der Waals surface area contributed by atoms with Crippen LogP contribution in [-0.2, 0) is 7.02 Å². The second-order valence-electron chi connectivity index (χ2n) is 2.71. The van der Waals surface area contributed by atoms with Crippen LogP contribution in [0.25, 0.3) is 10.9 Å². The third-order valence-electron chi connectivity index (χ3n) is 1.98. The zero-order chi connectivity index (χ0) is 9.26. The van der Waals surface area contributed by atoms with E-state index in [0.29, 0.717) is 0 Å². The van der Waals surface area contributed by atoms with Crippen LogP contribution in [0, 0.1) is 0 Å². The number of fused-ring (bicyclic) bond motifs is 1. The summed E-state index contributed by atoms with van der Waals surface area (Å²) in [4.78, 5) is 0. The molecule has 0 amide bonds. The molecule has 2 aromatic rings. The molecule has 0 bridgehead atoms. The predicted molar refractivity (Wildman–Crippen MR) is 49.5 cm³/mol. The summed E-state index contributed by atoms with van der Waals surface area (Å²) in [6.45, 7) is 0. The molecule has 2 rings (SSSR count). The number of ether oxygens (including phenoxy) is 1. The maximum atomic E-state index is 7.27. The van der Waals surface area contributed by atoms with Crippen LogP contribution < -0.4 is 4.74 Å². The maximum Gasteiger partial charge on any atom is 0.119 e. The van der Waals surface area contributed by atoms with Crippen LogP contribution in [0.2, 0.25) is 0 Å². The van der Waals surface area contributed by atoms with Gasteiger partial charge in [0.1, 0.15) is 5.75 Å². The van der Waals surface area contributed by atoms with E-state index in [2.05, 4.69) is 0 Å². The van der Waals surface area contributed by atoms with Crippen molar-refractivity contribution in [2.45, 2.75) is 0 Å². The lowest BCUT2D eigenvalue weighted by Crippen LogP contribution is -1.84. The molecular formula is C10H11NO. The van der Waals surface area contributed by atoms with Crippen molar-refractivity contribution in [1.29, 1.82) is 0 Å². The monoisotopic (exact) mass is 162 g/mol. The first-order valence-electron chi connectivity index (χ1n) is 4.48. The fourth-order valence-corrected chi connectivity index (χ4v) is 1.31. The third-order valence-corrected chi connectivity index (χ3v) is 1.98. The highest BCUT2D eigenvalue weighted by Gasteiger charge is 1.98. The van der Waals surface area contributed by atoms with Gasteiger partial charge in [-0.25, -0.2) is 0 Å². The van der Waals surface area contributed by atoms with Crippen molar-refractivity contribution in [3.05, 3.63) is 30.5 Å². The van der Waals surface area contributed by atoms with Crippen molar-refractivity contribution >= 4 is 10.9 Å². The average Bonchev–Trinajstić information content (AvgIpc) is 2.59. The van der Waals surface area contributed by atoms with Gasteiger partial charge in [-0.3, -0.25) is 0 Å². The van der Waals surface area contributed by atoms with Crippen LogP contribution in [-0.4, -0.2) is 11.7 Å². The Kier molecular flexibility index (Phi) is 1.30. The summed E-state index contributed by atoms with van der Waals surface area (Å²) < 4.78 is 14.3. The summed E-state index contributed by atoms with van der Waals surface area (Å²) in [5.74, 6) is 0.857. The number of aryl methyl sites for hydroxylation is 1. The molecular weight excluding hydrogens is 150 g/mol. The van der Waals surface area contributed by atoms with E-state index in [-0.39, 0.29) is 7.02 Å². The standard InChI is InChI=1S/C10H11NO/c1-11-6-5-8-7-9(12-2)3-4-10(8)11/h3-7H,1-2H3/i1D. The highest BCUT2D eigenvalue weighted by Crippen LogP contribution is 2.20. The Labute approximate surface area is 72.8 Å². The van der Waals surface area contributed by atoms with Crippen molar-refractivity contribution in [2.24, 2.45) is 7.02 Å². The van der Waals surface area contributed by atoms with Crippen molar-refractivity contribution in [3.8, 4) is 5.75 Å². The van der Waals surface area contributed by atoms with Gasteiger partial charge in [-0.15, -0.1) is 0 Å². The molecule has 0 spiro atoms. The van der Waals surface area contributed by atoms with Crippen molar-refractivity contribution in [3.63, 3.8) is 0 Å². The first-order valence-corrected chi connectivity index (χ1v) is 3.77. The van der Waals surface area contributed by atoms with Gasteiger partial charge in [0.15, 0.2) is 0 Å². The Morgan fingerprint density at radius 1 is 1.42 bits per heavy atom. The van der Waals surface area contributed by atoms with Gasteiger partial charge in [-0.05, 0) is 24.3 Å². The van der Waals surface area contributed by atoms with Crippen molar-refractivity contribution in [2.75, 3.05) is 7.11 Å². The minimum absolute atomic E-state index is 0.260. The fraction of sp³-hybridized carbons (Fsp3) is 0.200.